The molecule has 7 nitrogen and oxygen atoms in total. The molecule has 2 aromatic rings. The predicted molar refractivity (Wildman–Crippen MR) is 116 cm³/mol. The van der Waals surface area contributed by atoms with Gasteiger partial charge in [0.1, 0.15) is 5.70 Å². The smallest absolute Gasteiger partial charge is 0.331 e. The van der Waals surface area contributed by atoms with E-state index in [0.717, 1.165) is 4.47 Å². The molecule has 2 atom stereocenters. The molecular formula is C22H23BrN2O5. The number of rotatable bonds is 8. The minimum atomic E-state index is -1.28. The van der Waals surface area contributed by atoms with E-state index in [1.165, 1.54) is 13.0 Å². The number of hydrogen-bond donors (Lipinski definition) is 3. The van der Waals surface area contributed by atoms with Crippen LogP contribution in [-0.4, -0.2) is 41.6 Å². The highest BCUT2D eigenvalue weighted by molar-refractivity contribution is 9.10. The Balaban J connectivity index is 2.31. The Morgan fingerprint density at radius 3 is 2.30 bits per heavy atom. The lowest BCUT2D eigenvalue weighted by molar-refractivity contribution is -0.150. The molecule has 0 saturated heterocycles. The molecule has 158 valence electrons. The molecule has 0 aliphatic carbocycles. The van der Waals surface area contributed by atoms with E-state index < -0.39 is 29.9 Å². The number of amides is 2. The Labute approximate surface area is 183 Å². The Hall–Kier alpha value is -2.97. The highest BCUT2D eigenvalue weighted by atomic mass is 79.9. The summed E-state index contributed by atoms with van der Waals surface area (Å²) in [5.74, 6) is -1.99. The first-order chi connectivity index (χ1) is 14.3. The van der Waals surface area contributed by atoms with Gasteiger partial charge in [0, 0.05) is 10.0 Å². The van der Waals surface area contributed by atoms with Crippen LogP contribution in [0.2, 0.25) is 0 Å². The average molecular weight is 475 g/mol. The maximum absolute atomic E-state index is 12.9. The minimum Gasteiger partial charge on any atom is -0.464 e. The van der Waals surface area contributed by atoms with Crippen LogP contribution in [0.5, 0.6) is 0 Å². The van der Waals surface area contributed by atoms with Crippen molar-refractivity contribution in [1.29, 1.82) is 0 Å². The van der Waals surface area contributed by atoms with Crippen molar-refractivity contribution in [2.75, 3.05) is 6.61 Å². The number of hydrogen-bond acceptors (Lipinski definition) is 5. The van der Waals surface area contributed by atoms with Gasteiger partial charge in [-0.15, -0.1) is 0 Å². The lowest BCUT2D eigenvalue weighted by atomic mass is 10.1. The fraction of sp³-hybridized carbons (Fsp3) is 0.227. The van der Waals surface area contributed by atoms with E-state index in [1.54, 1.807) is 61.5 Å². The van der Waals surface area contributed by atoms with E-state index in [1.807, 2.05) is 0 Å². The van der Waals surface area contributed by atoms with Crippen LogP contribution in [0.3, 0.4) is 0 Å². The van der Waals surface area contributed by atoms with Gasteiger partial charge < -0.3 is 20.5 Å². The zero-order valence-electron chi connectivity index (χ0n) is 16.6. The molecule has 3 N–H and O–H groups in total. The first-order valence-corrected chi connectivity index (χ1v) is 10.1. The van der Waals surface area contributed by atoms with Crippen LogP contribution < -0.4 is 10.6 Å². The molecule has 8 heteroatoms. The molecule has 0 saturated carbocycles. The maximum Gasteiger partial charge on any atom is 0.331 e. The quantitative estimate of drug-likeness (QED) is 0.402. The van der Waals surface area contributed by atoms with Gasteiger partial charge >= 0.3 is 5.97 Å². The first-order valence-electron chi connectivity index (χ1n) is 9.31. The van der Waals surface area contributed by atoms with Gasteiger partial charge in [-0.1, -0.05) is 46.3 Å². The summed E-state index contributed by atoms with van der Waals surface area (Å²) in [6.07, 6.45) is 0.291. The normalized spacial score (nSPS) is 13.1. The summed E-state index contributed by atoms with van der Waals surface area (Å²) in [7, 11) is 0. The van der Waals surface area contributed by atoms with E-state index in [-0.39, 0.29) is 12.3 Å². The van der Waals surface area contributed by atoms with Crippen LogP contribution in [0, 0.1) is 0 Å². The SMILES string of the molecule is CCOC(=O)[C@@H](NC(=O)/C(=C\c1ccc(Br)cc1)NC(=O)c1ccccc1)[C@H](C)O. The summed E-state index contributed by atoms with van der Waals surface area (Å²) in [4.78, 5) is 37.5. The molecule has 0 bridgehead atoms. The number of aliphatic hydroxyl groups is 1. The van der Waals surface area contributed by atoms with Crippen LogP contribution in [-0.2, 0) is 14.3 Å². The predicted octanol–water partition coefficient (Wildman–Crippen LogP) is 2.65. The van der Waals surface area contributed by atoms with Crippen molar-refractivity contribution in [2.24, 2.45) is 0 Å². The number of carbonyl (C=O) groups is 3. The maximum atomic E-state index is 12.9. The number of aliphatic hydroxyl groups excluding tert-OH is 1. The van der Waals surface area contributed by atoms with Crippen molar-refractivity contribution < 1.29 is 24.2 Å². The van der Waals surface area contributed by atoms with Gasteiger partial charge in [-0.25, -0.2) is 4.79 Å². The van der Waals surface area contributed by atoms with Crippen molar-refractivity contribution in [3.8, 4) is 0 Å². The molecule has 0 aliphatic rings. The van der Waals surface area contributed by atoms with Crippen molar-refractivity contribution >= 4 is 39.8 Å². The Bertz CT molecular complexity index is 911. The molecule has 0 aliphatic heterocycles. The van der Waals surface area contributed by atoms with Gasteiger partial charge in [0.15, 0.2) is 6.04 Å². The van der Waals surface area contributed by atoms with Crippen molar-refractivity contribution in [3.05, 3.63) is 75.9 Å². The van der Waals surface area contributed by atoms with Gasteiger partial charge in [0.2, 0.25) is 0 Å². The van der Waals surface area contributed by atoms with Gasteiger partial charge in [0.25, 0.3) is 11.8 Å². The highest BCUT2D eigenvalue weighted by Crippen LogP contribution is 2.13. The third-order valence-electron chi connectivity index (χ3n) is 4.02. The molecule has 2 rings (SSSR count). The minimum absolute atomic E-state index is 0.0823. The average Bonchev–Trinajstić information content (AvgIpc) is 2.73. The molecule has 0 fully saturated rings. The van der Waals surface area contributed by atoms with Crippen molar-refractivity contribution in [1.82, 2.24) is 10.6 Å². The molecule has 0 unspecified atom stereocenters. The Morgan fingerprint density at radius 1 is 1.10 bits per heavy atom. The summed E-state index contributed by atoms with van der Waals surface area (Å²) in [5, 5.41) is 14.9. The second kappa shape index (κ2) is 11.3. The molecule has 0 spiro atoms. The molecule has 30 heavy (non-hydrogen) atoms. The van der Waals surface area contributed by atoms with Gasteiger partial charge in [-0.2, -0.15) is 0 Å². The monoisotopic (exact) mass is 474 g/mol. The number of ether oxygens (including phenoxy) is 1. The highest BCUT2D eigenvalue weighted by Gasteiger charge is 2.28. The third-order valence-corrected chi connectivity index (χ3v) is 4.55. The second-order valence-corrected chi connectivity index (χ2v) is 7.29. The van der Waals surface area contributed by atoms with Gasteiger partial charge in [-0.05, 0) is 49.8 Å². The van der Waals surface area contributed by atoms with Crippen LogP contribution in [0.15, 0.2) is 64.8 Å². The number of halogens is 1. The molecule has 0 heterocycles. The fourth-order valence-electron chi connectivity index (χ4n) is 2.50. The lowest BCUT2D eigenvalue weighted by Crippen LogP contribution is -2.50. The molecule has 0 aromatic heterocycles. The van der Waals surface area contributed by atoms with E-state index in [9.17, 15) is 19.5 Å². The topological polar surface area (TPSA) is 105 Å². The van der Waals surface area contributed by atoms with Gasteiger partial charge in [-0.3, -0.25) is 9.59 Å². The van der Waals surface area contributed by atoms with E-state index in [2.05, 4.69) is 26.6 Å². The zero-order chi connectivity index (χ0) is 22.1. The van der Waals surface area contributed by atoms with Crippen molar-refractivity contribution in [2.45, 2.75) is 26.0 Å². The third kappa shape index (κ3) is 6.82. The number of esters is 1. The van der Waals surface area contributed by atoms with E-state index in [0.29, 0.717) is 11.1 Å². The van der Waals surface area contributed by atoms with Crippen LogP contribution in [0.25, 0.3) is 6.08 Å². The van der Waals surface area contributed by atoms with E-state index >= 15 is 0 Å². The summed E-state index contributed by atoms with van der Waals surface area (Å²) < 4.78 is 5.76. The lowest BCUT2D eigenvalue weighted by Gasteiger charge is -2.20. The molecule has 0 radical (unpaired) electrons. The Morgan fingerprint density at radius 2 is 1.73 bits per heavy atom. The summed E-state index contributed by atoms with van der Waals surface area (Å²) in [5.41, 5.74) is 0.937. The van der Waals surface area contributed by atoms with Gasteiger partial charge in [0.05, 0.1) is 12.7 Å². The fourth-order valence-corrected chi connectivity index (χ4v) is 2.76. The molecule has 2 amide bonds. The molecule has 2 aromatic carbocycles. The van der Waals surface area contributed by atoms with E-state index in [4.69, 9.17) is 4.74 Å². The van der Waals surface area contributed by atoms with Crippen LogP contribution in [0.1, 0.15) is 29.8 Å². The van der Waals surface area contributed by atoms with Crippen LogP contribution >= 0.6 is 15.9 Å². The summed E-state index contributed by atoms with van der Waals surface area (Å²) >= 11 is 3.34. The number of benzene rings is 2. The Kier molecular flexibility index (Phi) is 8.76. The number of carbonyl (C=O) groups excluding carboxylic acids is 3. The largest absolute Gasteiger partial charge is 0.464 e. The van der Waals surface area contributed by atoms with Crippen LogP contribution in [0.4, 0.5) is 0 Å². The standard InChI is InChI=1S/C22H23BrN2O5/c1-3-30-22(29)19(14(2)26)25-21(28)18(13-15-9-11-17(23)12-10-15)24-20(27)16-7-5-4-6-8-16/h4-14,19,26H,3H2,1-2H3,(H,24,27)(H,25,28)/b18-13+/t14-,19-/m0/s1. The summed E-state index contributed by atoms with van der Waals surface area (Å²) in [6, 6.07) is 14.2. The number of nitrogens with one attached hydrogen (secondary N) is 2. The van der Waals surface area contributed by atoms with Crippen molar-refractivity contribution in [3.63, 3.8) is 0 Å². The second-order valence-electron chi connectivity index (χ2n) is 6.37. The zero-order valence-corrected chi connectivity index (χ0v) is 18.2. The summed E-state index contributed by atoms with van der Waals surface area (Å²) in [6.45, 7) is 3.09. The first kappa shape index (κ1) is 23.3. The molecular weight excluding hydrogens is 452 g/mol.